The molecule has 0 saturated heterocycles. The molecule has 174 valence electrons. The van der Waals surface area contributed by atoms with Gasteiger partial charge in [-0.15, -0.1) is 0 Å². The minimum atomic E-state index is -4.03. The van der Waals surface area contributed by atoms with E-state index >= 15 is 0 Å². The highest BCUT2D eigenvalue weighted by Gasteiger charge is 2.45. The van der Waals surface area contributed by atoms with E-state index in [4.69, 9.17) is 9.15 Å². The van der Waals surface area contributed by atoms with Crippen molar-refractivity contribution in [2.75, 3.05) is 6.01 Å². The largest absolute Gasteiger partial charge is 0.483 e. The van der Waals surface area contributed by atoms with Crippen molar-refractivity contribution in [2.45, 2.75) is 43.7 Å². The number of sulfonamides is 1. The smallest absolute Gasteiger partial charge is 0.241 e. The van der Waals surface area contributed by atoms with Crippen LogP contribution in [0.25, 0.3) is 11.1 Å². The number of rotatable bonds is 3. The molecular formula is C23H21F3N2O4S. The predicted molar refractivity (Wildman–Crippen MR) is 114 cm³/mol. The van der Waals surface area contributed by atoms with Crippen LogP contribution in [0.1, 0.15) is 36.4 Å². The Labute approximate surface area is 188 Å². The number of alkyl halides is 1. The third kappa shape index (κ3) is 4.13. The molecule has 1 N–H and O–H groups in total. The van der Waals surface area contributed by atoms with E-state index in [1.807, 2.05) is 0 Å². The molecule has 0 radical (unpaired) electrons. The van der Waals surface area contributed by atoms with Gasteiger partial charge >= 0.3 is 0 Å². The van der Waals surface area contributed by atoms with Crippen molar-refractivity contribution in [3.8, 4) is 16.9 Å². The highest BCUT2D eigenvalue weighted by molar-refractivity contribution is 7.89. The lowest BCUT2D eigenvalue weighted by atomic mass is 9.79. The Balaban J connectivity index is 1.60. The third-order valence-electron chi connectivity index (χ3n) is 6.30. The summed E-state index contributed by atoms with van der Waals surface area (Å²) in [6.45, 7) is -0.0905. The summed E-state index contributed by atoms with van der Waals surface area (Å²) < 4.78 is 79.6. The topological polar surface area (TPSA) is 81.4 Å². The Morgan fingerprint density at radius 1 is 1.15 bits per heavy atom. The van der Waals surface area contributed by atoms with E-state index in [-0.39, 0.29) is 23.5 Å². The number of benzene rings is 2. The summed E-state index contributed by atoms with van der Waals surface area (Å²) in [6, 6.07) is 6.94. The molecule has 1 saturated carbocycles. The quantitative estimate of drug-likeness (QED) is 0.604. The van der Waals surface area contributed by atoms with Crippen LogP contribution in [0.2, 0.25) is 0 Å². The van der Waals surface area contributed by atoms with E-state index in [9.17, 15) is 21.6 Å². The summed E-state index contributed by atoms with van der Waals surface area (Å²) in [5.74, 6) is -0.817. The number of fused-ring (bicyclic) bond motifs is 7. The van der Waals surface area contributed by atoms with Crippen molar-refractivity contribution in [3.05, 3.63) is 71.4 Å². The number of aromatic nitrogens is 1. The molecule has 4 bridgehead atoms. The first-order chi connectivity index (χ1) is 15.8. The van der Waals surface area contributed by atoms with Gasteiger partial charge in [-0.25, -0.2) is 31.3 Å². The Kier molecular flexibility index (Phi) is 5.44. The standard InChI is InChI=1S/C23H21F3N2O4S/c24-13-33(29,30)28-15-6-7-23(10-15)9-14-4-5-19(25)18(8-14)17-2-1-3-20(26)21(17)31-11-16-12-32-22(23)27-16/h1-5,8,12,15,28H,6-7,9-11,13H2/t15-,23+/m0/s1. The van der Waals surface area contributed by atoms with Crippen LogP contribution in [0.5, 0.6) is 5.75 Å². The normalized spacial score (nSPS) is 22.3. The molecule has 10 heteroatoms. The molecule has 5 rings (SSSR count). The fourth-order valence-corrected chi connectivity index (χ4v) is 5.62. The first kappa shape index (κ1) is 22.0. The van der Waals surface area contributed by atoms with Gasteiger partial charge in [-0.1, -0.05) is 18.2 Å². The fourth-order valence-electron chi connectivity index (χ4n) is 4.85. The van der Waals surface area contributed by atoms with Crippen molar-refractivity contribution >= 4 is 10.0 Å². The van der Waals surface area contributed by atoms with Gasteiger partial charge in [-0.2, -0.15) is 0 Å². The second-order valence-corrected chi connectivity index (χ2v) is 10.3. The van der Waals surface area contributed by atoms with E-state index in [0.29, 0.717) is 37.3 Å². The third-order valence-corrected chi connectivity index (χ3v) is 7.28. The van der Waals surface area contributed by atoms with Crippen molar-refractivity contribution in [3.63, 3.8) is 0 Å². The Hall–Kier alpha value is -2.85. The van der Waals surface area contributed by atoms with Crippen LogP contribution in [-0.2, 0) is 28.5 Å². The molecule has 2 aliphatic rings. The molecule has 6 nitrogen and oxygen atoms in total. The van der Waals surface area contributed by atoms with Gasteiger partial charge in [0.25, 0.3) is 0 Å². The Morgan fingerprint density at radius 2 is 2.00 bits per heavy atom. The molecule has 1 aromatic heterocycles. The van der Waals surface area contributed by atoms with Gasteiger partial charge < -0.3 is 9.15 Å². The van der Waals surface area contributed by atoms with Crippen LogP contribution in [-0.4, -0.2) is 25.5 Å². The SMILES string of the molecule is O=S(=O)(CF)N[C@H]1CC[C@@]2(Cc3ccc(F)c(c3)-c3cccc(F)c3OCc3coc2n3)C1. The lowest BCUT2D eigenvalue weighted by Gasteiger charge is -2.27. The number of nitrogens with one attached hydrogen (secondary N) is 1. The van der Waals surface area contributed by atoms with Gasteiger partial charge in [0.1, 0.15) is 24.4 Å². The van der Waals surface area contributed by atoms with Gasteiger partial charge in [-0.3, -0.25) is 0 Å². The molecule has 2 atom stereocenters. The number of halogens is 3. The zero-order valence-electron chi connectivity index (χ0n) is 17.5. The van der Waals surface area contributed by atoms with Crippen LogP contribution in [0.15, 0.2) is 47.1 Å². The zero-order chi connectivity index (χ0) is 23.2. The second-order valence-electron chi connectivity index (χ2n) is 8.60. The van der Waals surface area contributed by atoms with Gasteiger partial charge in [-0.05, 0) is 49.4 Å². The average molecular weight is 478 g/mol. The minimum absolute atomic E-state index is 0.0741. The molecule has 1 aliphatic heterocycles. The van der Waals surface area contributed by atoms with Crippen LogP contribution in [0, 0.1) is 11.6 Å². The number of para-hydroxylation sites is 1. The van der Waals surface area contributed by atoms with Crippen molar-refractivity contribution in [2.24, 2.45) is 0 Å². The Morgan fingerprint density at radius 3 is 2.82 bits per heavy atom. The highest BCUT2D eigenvalue weighted by Crippen LogP contribution is 2.45. The molecule has 0 unspecified atom stereocenters. The number of hydrogen-bond donors (Lipinski definition) is 1. The maximum atomic E-state index is 14.8. The second kappa shape index (κ2) is 8.18. The summed E-state index contributed by atoms with van der Waals surface area (Å²) >= 11 is 0. The maximum absolute atomic E-state index is 14.8. The highest BCUT2D eigenvalue weighted by atomic mass is 32.2. The molecule has 33 heavy (non-hydrogen) atoms. The van der Waals surface area contributed by atoms with Gasteiger partial charge in [0.15, 0.2) is 11.6 Å². The van der Waals surface area contributed by atoms with Crippen molar-refractivity contribution < 1.29 is 30.7 Å². The van der Waals surface area contributed by atoms with Crippen LogP contribution >= 0.6 is 0 Å². The average Bonchev–Trinajstić information content (AvgIpc) is 3.41. The molecule has 3 aromatic rings. The van der Waals surface area contributed by atoms with E-state index in [0.717, 1.165) is 5.56 Å². The van der Waals surface area contributed by atoms with Crippen molar-refractivity contribution in [1.82, 2.24) is 9.71 Å². The van der Waals surface area contributed by atoms with Gasteiger partial charge in [0, 0.05) is 17.2 Å². The summed E-state index contributed by atoms with van der Waals surface area (Å²) in [4.78, 5) is 4.55. The number of oxazole rings is 1. The summed E-state index contributed by atoms with van der Waals surface area (Å²) in [5.41, 5.74) is 0.982. The monoisotopic (exact) mass is 478 g/mol. The first-order valence-corrected chi connectivity index (χ1v) is 12.1. The summed E-state index contributed by atoms with van der Waals surface area (Å²) in [7, 11) is -4.03. The van der Waals surface area contributed by atoms with Crippen LogP contribution in [0.3, 0.4) is 0 Å². The molecule has 2 aromatic carbocycles. The van der Waals surface area contributed by atoms with E-state index < -0.39 is 39.1 Å². The van der Waals surface area contributed by atoms with Crippen LogP contribution in [0.4, 0.5) is 13.2 Å². The molecule has 1 fully saturated rings. The number of hydrogen-bond acceptors (Lipinski definition) is 5. The predicted octanol–water partition coefficient (Wildman–Crippen LogP) is 4.39. The molecular weight excluding hydrogens is 457 g/mol. The molecule has 1 spiro atoms. The van der Waals surface area contributed by atoms with Gasteiger partial charge in [0.2, 0.25) is 21.9 Å². The molecule has 0 amide bonds. The Bertz CT molecular complexity index is 1310. The van der Waals surface area contributed by atoms with Crippen LogP contribution < -0.4 is 9.46 Å². The lowest BCUT2D eigenvalue weighted by Crippen LogP contribution is -2.36. The number of ether oxygens (including phenoxy) is 1. The van der Waals surface area contributed by atoms with E-state index in [1.165, 1.54) is 24.5 Å². The summed E-state index contributed by atoms with van der Waals surface area (Å²) in [6.07, 6.45) is 3.15. The van der Waals surface area contributed by atoms with E-state index in [1.54, 1.807) is 18.2 Å². The number of nitrogens with zero attached hydrogens (tertiary/aromatic N) is 1. The fraction of sp³-hybridized carbons (Fsp3) is 0.348. The minimum Gasteiger partial charge on any atom is -0.483 e. The molecule has 1 aliphatic carbocycles. The lowest BCUT2D eigenvalue weighted by molar-refractivity contribution is 0.286. The molecule has 2 heterocycles. The van der Waals surface area contributed by atoms with E-state index in [2.05, 4.69) is 9.71 Å². The first-order valence-electron chi connectivity index (χ1n) is 10.5. The maximum Gasteiger partial charge on any atom is 0.241 e. The summed E-state index contributed by atoms with van der Waals surface area (Å²) in [5, 5.41) is 0. The van der Waals surface area contributed by atoms with Gasteiger partial charge in [0.05, 0.1) is 5.41 Å². The zero-order valence-corrected chi connectivity index (χ0v) is 18.3. The van der Waals surface area contributed by atoms with Crippen molar-refractivity contribution in [1.29, 1.82) is 0 Å².